The molecule has 5 heteroatoms. The molecular formula is C26H40F2O3. The zero-order valence-corrected chi connectivity index (χ0v) is 19.1. The minimum absolute atomic E-state index is 0.0272. The molecule has 1 aromatic carbocycles. The molecule has 176 valence electrons. The van der Waals surface area contributed by atoms with E-state index in [0.717, 1.165) is 83.0 Å². The number of rotatable bonds is 15. The number of halogens is 2. The van der Waals surface area contributed by atoms with Crippen LogP contribution in [0.5, 0.6) is 5.75 Å². The molecule has 0 aliphatic heterocycles. The fourth-order valence-electron chi connectivity index (χ4n) is 4.76. The van der Waals surface area contributed by atoms with Crippen LogP contribution in [0.1, 0.15) is 115 Å². The molecule has 1 aromatic rings. The summed E-state index contributed by atoms with van der Waals surface area (Å²) >= 11 is 0. The van der Waals surface area contributed by atoms with Gasteiger partial charge >= 0.3 is 5.97 Å². The number of ether oxygens (including phenoxy) is 1. The number of carboxylic acid groups (broad SMARTS) is 1. The summed E-state index contributed by atoms with van der Waals surface area (Å²) in [6, 6.07) is 3.33. The van der Waals surface area contributed by atoms with E-state index in [2.05, 4.69) is 6.92 Å². The Bertz CT molecular complexity index is 654. The third-order valence-electron chi connectivity index (χ3n) is 6.60. The smallest absolute Gasteiger partial charge is 0.303 e. The number of carboxylic acids is 1. The van der Waals surface area contributed by atoms with Gasteiger partial charge in [0.25, 0.3) is 0 Å². The van der Waals surface area contributed by atoms with Crippen molar-refractivity contribution in [3.05, 3.63) is 29.3 Å². The fraction of sp³-hybridized carbons (Fsp3) is 0.731. The van der Waals surface area contributed by atoms with E-state index in [1.54, 1.807) is 12.1 Å². The van der Waals surface area contributed by atoms with Gasteiger partial charge in [-0.3, -0.25) is 4.79 Å². The molecule has 1 saturated carbocycles. The molecule has 1 fully saturated rings. The molecule has 0 unspecified atom stereocenters. The van der Waals surface area contributed by atoms with Crippen molar-refractivity contribution in [2.45, 2.75) is 109 Å². The first-order chi connectivity index (χ1) is 15.0. The Balaban J connectivity index is 1.62. The maximum atomic E-state index is 14.7. The molecule has 0 amide bonds. The lowest BCUT2D eigenvalue weighted by molar-refractivity contribution is -0.137. The number of benzene rings is 1. The van der Waals surface area contributed by atoms with Crippen LogP contribution in [0.4, 0.5) is 8.78 Å². The van der Waals surface area contributed by atoms with E-state index >= 15 is 0 Å². The van der Waals surface area contributed by atoms with Crippen molar-refractivity contribution in [1.29, 1.82) is 0 Å². The van der Waals surface area contributed by atoms with Crippen LogP contribution < -0.4 is 4.74 Å². The van der Waals surface area contributed by atoms with Gasteiger partial charge in [0.2, 0.25) is 5.82 Å². The predicted octanol–water partition coefficient (Wildman–Crippen LogP) is 8.01. The topological polar surface area (TPSA) is 46.5 Å². The van der Waals surface area contributed by atoms with Gasteiger partial charge in [-0.05, 0) is 62.0 Å². The van der Waals surface area contributed by atoms with E-state index in [0.29, 0.717) is 12.2 Å². The average Bonchev–Trinajstić information content (AvgIpc) is 2.75. The second-order valence-electron chi connectivity index (χ2n) is 9.11. The highest BCUT2D eigenvalue weighted by Crippen LogP contribution is 2.39. The molecule has 0 spiro atoms. The van der Waals surface area contributed by atoms with Crippen molar-refractivity contribution in [3.63, 3.8) is 0 Å². The zero-order chi connectivity index (χ0) is 22.5. The van der Waals surface area contributed by atoms with Gasteiger partial charge in [-0.25, -0.2) is 4.39 Å². The first-order valence-corrected chi connectivity index (χ1v) is 12.3. The molecule has 1 aliphatic rings. The Morgan fingerprint density at radius 2 is 1.55 bits per heavy atom. The molecule has 1 N–H and O–H groups in total. The number of hydrogen-bond acceptors (Lipinski definition) is 2. The molecule has 0 saturated heterocycles. The molecule has 0 atom stereocenters. The first-order valence-electron chi connectivity index (χ1n) is 12.3. The first kappa shape index (κ1) is 25.6. The van der Waals surface area contributed by atoms with E-state index in [4.69, 9.17) is 9.84 Å². The minimum atomic E-state index is -0.838. The molecule has 0 bridgehead atoms. The summed E-state index contributed by atoms with van der Waals surface area (Å²) < 4.78 is 34.7. The largest absolute Gasteiger partial charge is 0.490 e. The maximum absolute atomic E-state index is 14.7. The lowest BCUT2D eigenvalue weighted by Crippen LogP contribution is -2.15. The fourth-order valence-corrected chi connectivity index (χ4v) is 4.76. The van der Waals surface area contributed by atoms with Crippen molar-refractivity contribution < 1.29 is 23.4 Å². The van der Waals surface area contributed by atoms with E-state index < -0.39 is 17.6 Å². The van der Waals surface area contributed by atoms with E-state index in [9.17, 15) is 13.6 Å². The van der Waals surface area contributed by atoms with Crippen LogP contribution in [-0.4, -0.2) is 17.7 Å². The summed E-state index contributed by atoms with van der Waals surface area (Å²) in [5.74, 6) is -1.39. The molecule has 31 heavy (non-hydrogen) atoms. The molecular weight excluding hydrogens is 398 g/mol. The highest BCUT2D eigenvalue weighted by molar-refractivity contribution is 5.66. The van der Waals surface area contributed by atoms with Crippen LogP contribution in [0.25, 0.3) is 0 Å². The number of aliphatic carboxylic acids is 1. The van der Waals surface area contributed by atoms with Crippen LogP contribution in [-0.2, 0) is 4.79 Å². The van der Waals surface area contributed by atoms with Gasteiger partial charge in [0.15, 0.2) is 11.6 Å². The lowest BCUT2D eigenvalue weighted by Gasteiger charge is -2.29. The van der Waals surface area contributed by atoms with Gasteiger partial charge in [0, 0.05) is 6.42 Å². The van der Waals surface area contributed by atoms with Crippen molar-refractivity contribution in [2.24, 2.45) is 5.92 Å². The molecule has 1 aliphatic carbocycles. The molecule has 0 aromatic heterocycles. The summed E-state index contributed by atoms with van der Waals surface area (Å²) in [6.07, 6.45) is 14.7. The Hall–Kier alpha value is -1.65. The normalized spacial score (nSPS) is 18.8. The highest BCUT2D eigenvalue weighted by Gasteiger charge is 2.26. The second-order valence-corrected chi connectivity index (χ2v) is 9.11. The van der Waals surface area contributed by atoms with E-state index in [1.165, 1.54) is 12.8 Å². The number of hydrogen-bond donors (Lipinski definition) is 1. The summed E-state index contributed by atoms with van der Waals surface area (Å²) in [5, 5.41) is 8.59. The van der Waals surface area contributed by atoms with Crippen LogP contribution in [0.2, 0.25) is 0 Å². The summed E-state index contributed by atoms with van der Waals surface area (Å²) in [6.45, 7) is 2.60. The minimum Gasteiger partial charge on any atom is -0.490 e. The average molecular weight is 439 g/mol. The maximum Gasteiger partial charge on any atom is 0.303 e. The molecule has 0 radical (unpaired) electrons. The standard InChI is InChI=1S/C26H40F2O3/c1-2-11-20-13-15-21(16-14-20)22-17-18-23(26(28)25(22)27)31-19-10-8-6-4-3-5-7-9-12-24(29)30/h17-18,20-21H,2-16,19H2,1H3,(H,29,30). The van der Waals surface area contributed by atoms with Crippen LogP contribution in [0.3, 0.4) is 0 Å². The molecule has 2 rings (SSSR count). The van der Waals surface area contributed by atoms with Crippen molar-refractivity contribution in [2.75, 3.05) is 6.61 Å². The summed E-state index contributed by atoms with van der Waals surface area (Å²) in [7, 11) is 0. The van der Waals surface area contributed by atoms with Crippen LogP contribution in [0, 0.1) is 17.6 Å². The quantitative estimate of drug-likeness (QED) is 0.282. The van der Waals surface area contributed by atoms with Gasteiger partial charge in [-0.1, -0.05) is 64.4 Å². The summed E-state index contributed by atoms with van der Waals surface area (Å²) in [4.78, 5) is 10.4. The summed E-state index contributed by atoms with van der Waals surface area (Å²) in [5.41, 5.74) is 0.517. The van der Waals surface area contributed by atoms with E-state index in [1.807, 2.05) is 0 Å². The van der Waals surface area contributed by atoms with Gasteiger partial charge in [-0.15, -0.1) is 0 Å². The number of carbonyl (C=O) groups is 1. The highest BCUT2D eigenvalue weighted by atomic mass is 19.2. The van der Waals surface area contributed by atoms with Gasteiger partial charge in [0.1, 0.15) is 0 Å². The van der Waals surface area contributed by atoms with Crippen molar-refractivity contribution in [1.82, 2.24) is 0 Å². The predicted molar refractivity (Wildman–Crippen MR) is 121 cm³/mol. The Kier molecular flexibility index (Phi) is 11.9. The van der Waals surface area contributed by atoms with Gasteiger partial charge in [0.05, 0.1) is 6.61 Å². The third-order valence-corrected chi connectivity index (χ3v) is 6.60. The Labute approximate surface area is 186 Å². The zero-order valence-electron chi connectivity index (χ0n) is 19.1. The SMILES string of the molecule is CCCC1CCC(c2ccc(OCCCCCCCCCCC(=O)O)c(F)c2F)CC1. The Morgan fingerprint density at radius 1 is 0.935 bits per heavy atom. The molecule has 3 nitrogen and oxygen atoms in total. The van der Waals surface area contributed by atoms with Crippen molar-refractivity contribution >= 4 is 5.97 Å². The second kappa shape index (κ2) is 14.4. The lowest BCUT2D eigenvalue weighted by atomic mass is 9.77. The molecule has 0 heterocycles. The van der Waals surface area contributed by atoms with Crippen LogP contribution >= 0.6 is 0 Å². The van der Waals surface area contributed by atoms with Crippen molar-refractivity contribution in [3.8, 4) is 5.75 Å². The third kappa shape index (κ3) is 9.16. The number of unbranched alkanes of at least 4 members (excludes halogenated alkanes) is 7. The monoisotopic (exact) mass is 438 g/mol. The Morgan fingerprint density at radius 3 is 2.16 bits per heavy atom. The van der Waals surface area contributed by atoms with Gasteiger partial charge in [-0.2, -0.15) is 4.39 Å². The van der Waals surface area contributed by atoms with Crippen LogP contribution in [0.15, 0.2) is 12.1 Å². The van der Waals surface area contributed by atoms with Gasteiger partial charge < -0.3 is 9.84 Å². The van der Waals surface area contributed by atoms with E-state index in [-0.39, 0.29) is 18.1 Å².